The van der Waals surface area contributed by atoms with Crippen LogP contribution in [0.15, 0.2) is 12.1 Å². The minimum absolute atomic E-state index is 0.0806. The van der Waals surface area contributed by atoms with Crippen LogP contribution in [0.5, 0.6) is 5.75 Å². The van der Waals surface area contributed by atoms with E-state index in [1.165, 1.54) is 12.1 Å². The molecule has 0 atom stereocenters. The lowest BCUT2D eigenvalue weighted by Gasteiger charge is -2.20. The molecular formula is C11H15F2NO. The lowest BCUT2D eigenvalue weighted by molar-refractivity contribution is 0.311. The normalized spacial score (nSPS) is 11.6. The average Bonchev–Trinajstić information content (AvgIpc) is 2.11. The average molecular weight is 215 g/mol. The van der Waals surface area contributed by atoms with Gasteiger partial charge in [0.25, 0.3) is 0 Å². The predicted octanol–water partition coefficient (Wildman–Crippen LogP) is 2.56. The number of benzene rings is 1. The van der Waals surface area contributed by atoms with Crippen molar-refractivity contribution in [3.05, 3.63) is 29.3 Å². The van der Waals surface area contributed by atoms with Crippen molar-refractivity contribution < 1.29 is 13.5 Å². The van der Waals surface area contributed by atoms with E-state index >= 15 is 0 Å². The molecule has 0 radical (unpaired) electrons. The Morgan fingerprint density at radius 1 is 1.27 bits per heavy atom. The summed E-state index contributed by atoms with van der Waals surface area (Å²) in [6, 6.07) is 2.84. The molecule has 1 aromatic rings. The summed E-state index contributed by atoms with van der Waals surface area (Å²) in [4.78, 5) is 0. The van der Waals surface area contributed by atoms with Crippen molar-refractivity contribution in [1.29, 1.82) is 0 Å². The van der Waals surface area contributed by atoms with E-state index in [0.29, 0.717) is 6.61 Å². The molecule has 0 saturated heterocycles. The smallest absolute Gasteiger partial charge is 0.200 e. The van der Waals surface area contributed by atoms with Gasteiger partial charge in [0.15, 0.2) is 11.6 Å². The first-order chi connectivity index (χ1) is 6.88. The Balaban J connectivity index is 3.21. The molecule has 0 heterocycles. The number of hydrogen-bond donors (Lipinski definition) is 1. The standard InChI is InChI=1S/C11H15F2NO/c1-4-15-8-6-5-7(11(2,3)14)9(12)10(8)13/h5-6H,4,14H2,1-3H3. The number of ether oxygens (including phenoxy) is 1. The minimum Gasteiger partial charge on any atom is -0.491 e. The zero-order chi connectivity index (χ0) is 11.6. The first kappa shape index (κ1) is 11.9. The van der Waals surface area contributed by atoms with Crippen molar-refractivity contribution in [2.24, 2.45) is 5.73 Å². The number of rotatable bonds is 3. The quantitative estimate of drug-likeness (QED) is 0.841. The van der Waals surface area contributed by atoms with E-state index in [4.69, 9.17) is 10.5 Å². The molecule has 0 spiro atoms. The van der Waals surface area contributed by atoms with Crippen LogP contribution in [-0.2, 0) is 5.54 Å². The van der Waals surface area contributed by atoms with Crippen molar-refractivity contribution in [1.82, 2.24) is 0 Å². The number of halogens is 2. The fraction of sp³-hybridized carbons (Fsp3) is 0.455. The minimum atomic E-state index is -0.979. The monoisotopic (exact) mass is 215 g/mol. The summed E-state index contributed by atoms with van der Waals surface area (Å²) in [6.45, 7) is 5.23. The largest absolute Gasteiger partial charge is 0.491 e. The Labute approximate surface area is 88.0 Å². The SMILES string of the molecule is CCOc1ccc(C(C)(C)N)c(F)c1F. The van der Waals surface area contributed by atoms with Gasteiger partial charge >= 0.3 is 0 Å². The van der Waals surface area contributed by atoms with Crippen LogP contribution < -0.4 is 10.5 Å². The third-order valence-corrected chi connectivity index (χ3v) is 2.04. The topological polar surface area (TPSA) is 35.2 Å². The summed E-state index contributed by atoms with van der Waals surface area (Å²) in [5.74, 6) is -2.00. The van der Waals surface area contributed by atoms with E-state index in [2.05, 4.69) is 0 Å². The Morgan fingerprint density at radius 2 is 1.87 bits per heavy atom. The highest BCUT2D eigenvalue weighted by Crippen LogP contribution is 2.28. The Morgan fingerprint density at radius 3 is 2.33 bits per heavy atom. The van der Waals surface area contributed by atoms with E-state index in [1.807, 2.05) is 0 Å². The van der Waals surface area contributed by atoms with E-state index < -0.39 is 17.2 Å². The molecule has 2 N–H and O–H groups in total. The molecule has 0 bridgehead atoms. The molecule has 0 saturated carbocycles. The molecule has 0 aliphatic heterocycles. The van der Waals surface area contributed by atoms with Crippen LogP contribution >= 0.6 is 0 Å². The fourth-order valence-electron chi connectivity index (χ4n) is 1.30. The van der Waals surface area contributed by atoms with Gasteiger partial charge in [-0.15, -0.1) is 0 Å². The second-order valence-corrected chi connectivity index (χ2v) is 3.89. The highest BCUT2D eigenvalue weighted by Gasteiger charge is 2.23. The van der Waals surface area contributed by atoms with E-state index in [1.54, 1.807) is 20.8 Å². The van der Waals surface area contributed by atoms with Gasteiger partial charge in [-0.05, 0) is 26.8 Å². The van der Waals surface area contributed by atoms with Crippen molar-refractivity contribution in [3.8, 4) is 5.75 Å². The summed E-state index contributed by atoms with van der Waals surface area (Å²) in [5, 5.41) is 0. The number of nitrogens with two attached hydrogens (primary N) is 1. The molecular weight excluding hydrogens is 200 g/mol. The first-order valence-corrected chi connectivity index (χ1v) is 4.78. The third kappa shape index (κ3) is 2.45. The molecule has 0 amide bonds. The second kappa shape index (κ2) is 4.14. The molecule has 15 heavy (non-hydrogen) atoms. The molecule has 84 valence electrons. The lowest BCUT2D eigenvalue weighted by atomic mass is 9.95. The molecule has 0 aromatic heterocycles. The molecule has 0 aliphatic carbocycles. The van der Waals surface area contributed by atoms with E-state index in [0.717, 1.165) is 0 Å². The summed E-state index contributed by atoms with van der Waals surface area (Å²) >= 11 is 0. The van der Waals surface area contributed by atoms with E-state index in [9.17, 15) is 8.78 Å². The van der Waals surface area contributed by atoms with Crippen LogP contribution in [0.1, 0.15) is 26.3 Å². The van der Waals surface area contributed by atoms with Crippen molar-refractivity contribution in [3.63, 3.8) is 0 Å². The Hall–Kier alpha value is -1.16. The molecule has 1 rings (SSSR count). The Kier molecular flexibility index (Phi) is 3.29. The summed E-state index contributed by atoms with van der Waals surface area (Å²) in [5.41, 5.74) is 4.94. The third-order valence-electron chi connectivity index (χ3n) is 2.04. The van der Waals surface area contributed by atoms with Crippen LogP contribution in [0.2, 0.25) is 0 Å². The zero-order valence-corrected chi connectivity index (χ0v) is 9.10. The van der Waals surface area contributed by atoms with Crippen LogP contribution in [-0.4, -0.2) is 6.61 Å². The maximum Gasteiger partial charge on any atom is 0.200 e. The van der Waals surface area contributed by atoms with Gasteiger partial charge in [-0.3, -0.25) is 0 Å². The van der Waals surface area contributed by atoms with Gasteiger partial charge in [0.05, 0.1) is 6.61 Å². The second-order valence-electron chi connectivity index (χ2n) is 3.89. The van der Waals surface area contributed by atoms with Gasteiger partial charge in [-0.1, -0.05) is 6.07 Å². The highest BCUT2D eigenvalue weighted by molar-refractivity contribution is 5.34. The van der Waals surface area contributed by atoms with Gasteiger partial charge in [0, 0.05) is 11.1 Å². The van der Waals surface area contributed by atoms with Crippen LogP contribution in [0.4, 0.5) is 8.78 Å². The van der Waals surface area contributed by atoms with Gasteiger partial charge in [0.1, 0.15) is 0 Å². The van der Waals surface area contributed by atoms with Crippen molar-refractivity contribution in [2.45, 2.75) is 26.3 Å². The Bertz CT molecular complexity index is 358. The summed E-state index contributed by atoms with van der Waals surface area (Å²) < 4.78 is 31.9. The van der Waals surface area contributed by atoms with Crippen LogP contribution in [0, 0.1) is 11.6 Å². The van der Waals surface area contributed by atoms with Crippen LogP contribution in [0.3, 0.4) is 0 Å². The highest BCUT2D eigenvalue weighted by atomic mass is 19.2. The van der Waals surface area contributed by atoms with Gasteiger partial charge < -0.3 is 10.5 Å². The van der Waals surface area contributed by atoms with Gasteiger partial charge in [-0.2, -0.15) is 4.39 Å². The van der Waals surface area contributed by atoms with Crippen LogP contribution in [0.25, 0.3) is 0 Å². The van der Waals surface area contributed by atoms with Crippen molar-refractivity contribution >= 4 is 0 Å². The zero-order valence-electron chi connectivity index (χ0n) is 9.10. The lowest BCUT2D eigenvalue weighted by Crippen LogP contribution is -2.30. The molecule has 4 heteroatoms. The number of hydrogen-bond acceptors (Lipinski definition) is 2. The molecule has 1 aromatic carbocycles. The van der Waals surface area contributed by atoms with Gasteiger partial charge in [0.2, 0.25) is 5.82 Å². The molecule has 0 fully saturated rings. The van der Waals surface area contributed by atoms with E-state index in [-0.39, 0.29) is 11.3 Å². The van der Waals surface area contributed by atoms with Crippen molar-refractivity contribution in [2.75, 3.05) is 6.61 Å². The maximum absolute atomic E-state index is 13.5. The summed E-state index contributed by atoms with van der Waals surface area (Å²) in [7, 11) is 0. The fourth-order valence-corrected chi connectivity index (χ4v) is 1.30. The van der Waals surface area contributed by atoms with Gasteiger partial charge in [-0.25, -0.2) is 4.39 Å². The molecule has 2 nitrogen and oxygen atoms in total. The molecule has 0 unspecified atom stereocenters. The first-order valence-electron chi connectivity index (χ1n) is 4.78. The maximum atomic E-state index is 13.5. The summed E-state index contributed by atoms with van der Waals surface area (Å²) in [6.07, 6.45) is 0. The molecule has 0 aliphatic rings. The predicted molar refractivity (Wildman–Crippen MR) is 54.7 cm³/mol.